The topological polar surface area (TPSA) is 65.0 Å². The Morgan fingerprint density at radius 3 is 2.55 bits per heavy atom. The summed E-state index contributed by atoms with van der Waals surface area (Å²) in [4.78, 5) is 14.1. The van der Waals surface area contributed by atoms with Crippen LogP contribution < -0.4 is 15.5 Å². The van der Waals surface area contributed by atoms with Crippen molar-refractivity contribution in [1.82, 2.24) is 20.5 Å². The van der Waals surface area contributed by atoms with Crippen molar-refractivity contribution in [3.05, 3.63) is 23.9 Å². The van der Waals surface area contributed by atoms with Crippen LogP contribution in [0, 0.1) is 5.92 Å². The SMILES string of the molecule is CN=C(NCc1ccc(N2CCOC(C)C2)nc1)NCC(C(C)C)N1CCCCCC1. The van der Waals surface area contributed by atoms with E-state index in [0.717, 1.165) is 43.6 Å². The molecular formula is C24H42N6O. The van der Waals surface area contributed by atoms with Gasteiger partial charge in [0.2, 0.25) is 0 Å². The second-order valence-electron chi connectivity index (χ2n) is 9.22. The van der Waals surface area contributed by atoms with Crippen LogP contribution in [0.3, 0.4) is 0 Å². The van der Waals surface area contributed by atoms with E-state index in [-0.39, 0.29) is 6.10 Å². The molecule has 0 aromatic carbocycles. The lowest BCUT2D eigenvalue weighted by Crippen LogP contribution is -2.49. The molecule has 0 amide bonds. The Bertz CT molecular complexity index is 669. The van der Waals surface area contributed by atoms with E-state index in [1.807, 2.05) is 13.2 Å². The van der Waals surface area contributed by atoms with Crippen LogP contribution >= 0.6 is 0 Å². The lowest BCUT2D eigenvalue weighted by Gasteiger charge is -2.34. The van der Waals surface area contributed by atoms with Crippen LogP contribution in [0.4, 0.5) is 5.82 Å². The molecule has 0 bridgehead atoms. The predicted octanol–water partition coefficient (Wildman–Crippen LogP) is 2.87. The Labute approximate surface area is 188 Å². The monoisotopic (exact) mass is 430 g/mol. The van der Waals surface area contributed by atoms with Crippen molar-refractivity contribution in [2.45, 2.75) is 65.1 Å². The lowest BCUT2D eigenvalue weighted by molar-refractivity contribution is 0.0529. The van der Waals surface area contributed by atoms with Gasteiger partial charge in [0.05, 0.1) is 12.7 Å². The van der Waals surface area contributed by atoms with Gasteiger partial charge in [-0.05, 0) is 50.4 Å². The molecule has 2 unspecified atom stereocenters. The number of nitrogens with zero attached hydrogens (tertiary/aromatic N) is 4. The number of guanidine groups is 1. The summed E-state index contributed by atoms with van der Waals surface area (Å²) in [5.41, 5.74) is 1.15. The van der Waals surface area contributed by atoms with E-state index in [1.54, 1.807) is 0 Å². The summed E-state index contributed by atoms with van der Waals surface area (Å²) in [5.74, 6) is 2.49. The molecule has 3 rings (SSSR count). The summed E-state index contributed by atoms with van der Waals surface area (Å²) in [6, 6.07) is 4.80. The minimum Gasteiger partial charge on any atom is -0.375 e. The maximum Gasteiger partial charge on any atom is 0.191 e. The van der Waals surface area contributed by atoms with Gasteiger partial charge in [0, 0.05) is 45.5 Å². The van der Waals surface area contributed by atoms with Gasteiger partial charge in [-0.1, -0.05) is 32.8 Å². The zero-order chi connectivity index (χ0) is 22.1. The van der Waals surface area contributed by atoms with E-state index < -0.39 is 0 Å². The summed E-state index contributed by atoms with van der Waals surface area (Å²) in [6.45, 7) is 13.4. The number of pyridine rings is 1. The number of nitrogens with one attached hydrogen (secondary N) is 2. The Morgan fingerprint density at radius 2 is 1.94 bits per heavy atom. The first-order valence-corrected chi connectivity index (χ1v) is 12.1. The summed E-state index contributed by atoms with van der Waals surface area (Å²) < 4.78 is 5.63. The summed E-state index contributed by atoms with van der Waals surface area (Å²) in [7, 11) is 1.84. The van der Waals surface area contributed by atoms with E-state index in [4.69, 9.17) is 4.74 Å². The van der Waals surface area contributed by atoms with Gasteiger partial charge in [0.15, 0.2) is 5.96 Å². The molecule has 0 radical (unpaired) electrons. The van der Waals surface area contributed by atoms with Crippen molar-refractivity contribution < 1.29 is 4.74 Å². The number of morpholine rings is 1. The average molecular weight is 431 g/mol. The highest BCUT2D eigenvalue weighted by Crippen LogP contribution is 2.17. The standard InChI is InChI=1S/C24H42N6O/c1-19(2)22(29-11-7-5-6-8-12-29)17-28-24(25-4)27-16-21-9-10-23(26-15-21)30-13-14-31-20(3)18-30/h9-10,15,19-20,22H,5-8,11-14,16-18H2,1-4H3,(H2,25,27,28). The van der Waals surface area contributed by atoms with Crippen LogP contribution in [0.15, 0.2) is 23.3 Å². The fraction of sp³-hybridized carbons (Fsp3) is 0.750. The van der Waals surface area contributed by atoms with Gasteiger partial charge < -0.3 is 20.3 Å². The zero-order valence-corrected chi connectivity index (χ0v) is 19.9. The van der Waals surface area contributed by atoms with Gasteiger partial charge in [0.1, 0.15) is 5.82 Å². The third-order valence-electron chi connectivity index (χ3n) is 6.42. The summed E-state index contributed by atoms with van der Waals surface area (Å²) in [6.07, 6.45) is 7.61. The molecule has 2 fully saturated rings. The molecule has 2 N–H and O–H groups in total. The Kier molecular flexibility index (Phi) is 9.40. The third-order valence-corrected chi connectivity index (χ3v) is 6.42. The van der Waals surface area contributed by atoms with E-state index in [1.165, 1.54) is 38.8 Å². The molecule has 2 aliphatic rings. The molecule has 7 heteroatoms. The van der Waals surface area contributed by atoms with Crippen molar-refractivity contribution in [1.29, 1.82) is 0 Å². The second-order valence-corrected chi connectivity index (χ2v) is 9.22. The average Bonchev–Trinajstić information content (AvgIpc) is 3.05. The lowest BCUT2D eigenvalue weighted by atomic mass is 10.0. The van der Waals surface area contributed by atoms with Crippen LogP contribution in [0.2, 0.25) is 0 Å². The van der Waals surface area contributed by atoms with Crippen LogP contribution in [0.25, 0.3) is 0 Å². The quantitative estimate of drug-likeness (QED) is 0.512. The van der Waals surface area contributed by atoms with Gasteiger partial charge >= 0.3 is 0 Å². The zero-order valence-electron chi connectivity index (χ0n) is 19.9. The van der Waals surface area contributed by atoms with E-state index in [9.17, 15) is 0 Å². The van der Waals surface area contributed by atoms with Gasteiger partial charge in [-0.25, -0.2) is 4.98 Å². The number of hydrogen-bond acceptors (Lipinski definition) is 5. The molecule has 0 aliphatic carbocycles. The van der Waals surface area contributed by atoms with Gasteiger partial charge in [-0.2, -0.15) is 0 Å². The number of hydrogen-bond donors (Lipinski definition) is 2. The highest BCUT2D eigenvalue weighted by atomic mass is 16.5. The number of likely N-dealkylation sites (tertiary alicyclic amines) is 1. The number of anilines is 1. The van der Waals surface area contributed by atoms with Crippen LogP contribution in [0.1, 0.15) is 52.0 Å². The molecule has 2 saturated heterocycles. The molecule has 0 spiro atoms. The highest BCUT2D eigenvalue weighted by Gasteiger charge is 2.23. The van der Waals surface area contributed by atoms with Crippen LogP contribution in [0.5, 0.6) is 0 Å². The molecule has 7 nitrogen and oxygen atoms in total. The Hall–Kier alpha value is -1.86. The van der Waals surface area contributed by atoms with E-state index in [0.29, 0.717) is 18.5 Å². The number of aliphatic imine (C=N–C) groups is 1. The second kappa shape index (κ2) is 12.2. The van der Waals surface area contributed by atoms with Crippen molar-refractivity contribution in [3.8, 4) is 0 Å². The molecule has 3 heterocycles. The molecule has 2 atom stereocenters. The summed E-state index contributed by atoms with van der Waals surface area (Å²) >= 11 is 0. The molecular weight excluding hydrogens is 388 g/mol. The maximum absolute atomic E-state index is 5.63. The number of rotatable bonds is 7. The fourth-order valence-corrected chi connectivity index (χ4v) is 4.56. The molecule has 2 aliphatic heterocycles. The Morgan fingerprint density at radius 1 is 1.16 bits per heavy atom. The first kappa shape index (κ1) is 23.8. The smallest absolute Gasteiger partial charge is 0.191 e. The first-order chi connectivity index (χ1) is 15.1. The minimum absolute atomic E-state index is 0.260. The van der Waals surface area contributed by atoms with E-state index in [2.05, 4.69) is 63.3 Å². The van der Waals surface area contributed by atoms with Crippen LogP contribution in [-0.2, 0) is 11.3 Å². The van der Waals surface area contributed by atoms with Gasteiger partial charge in [-0.15, -0.1) is 0 Å². The largest absolute Gasteiger partial charge is 0.375 e. The van der Waals surface area contributed by atoms with Crippen molar-refractivity contribution in [2.24, 2.45) is 10.9 Å². The van der Waals surface area contributed by atoms with Crippen molar-refractivity contribution >= 4 is 11.8 Å². The number of ether oxygens (including phenoxy) is 1. The van der Waals surface area contributed by atoms with Crippen molar-refractivity contribution in [2.75, 3.05) is 51.3 Å². The first-order valence-electron chi connectivity index (χ1n) is 12.1. The third kappa shape index (κ3) is 7.35. The van der Waals surface area contributed by atoms with Gasteiger partial charge in [-0.3, -0.25) is 9.89 Å². The minimum atomic E-state index is 0.260. The summed E-state index contributed by atoms with van der Waals surface area (Å²) in [5, 5.41) is 7.01. The number of aromatic nitrogens is 1. The van der Waals surface area contributed by atoms with Crippen LogP contribution in [-0.4, -0.2) is 74.4 Å². The molecule has 174 valence electrons. The highest BCUT2D eigenvalue weighted by molar-refractivity contribution is 5.79. The normalized spacial score (nSPS) is 22.3. The predicted molar refractivity (Wildman–Crippen MR) is 129 cm³/mol. The maximum atomic E-state index is 5.63. The molecule has 0 saturated carbocycles. The molecule has 31 heavy (non-hydrogen) atoms. The fourth-order valence-electron chi connectivity index (χ4n) is 4.56. The van der Waals surface area contributed by atoms with E-state index >= 15 is 0 Å². The van der Waals surface area contributed by atoms with Gasteiger partial charge in [0.25, 0.3) is 0 Å². The molecule has 1 aromatic heterocycles. The van der Waals surface area contributed by atoms with Crippen molar-refractivity contribution in [3.63, 3.8) is 0 Å². The molecule has 1 aromatic rings. The Balaban J connectivity index is 1.48.